The predicted octanol–water partition coefficient (Wildman–Crippen LogP) is -1.22. The summed E-state index contributed by atoms with van der Waals surface area (Å²) in [7, 11) is 0. The minimum atomic E-state index is -0.832. The summed E-state index contributed by atoms with van der Waals surface area (Å²) in [4.78, 5) is 24.5. The van der Waals surface area contributed by atoms with Gasteiger partial charge in [-0.2, -0.15) is 0 Å². The Balaban J connectivity index is 2.19. The number of carbonyl (C=O) groups excluding carboxylic acids is 2. The van der Waals surface area contributed by atoms with Crippen molar-refractivity contribution < 1.29 is 9.59 Å². The summed E-state index contributed by atoms with van der Waals surface area (Å²) in [5, 5.41) is 2.48. The van der Waals surface area contributed by atoms with Crippen molar-refractivity contribution in [2.75, 3.05) is 6.54 Å². The Hall–Kier alpha value is -1.10. The van der Waals surface area contributed by atoms with Crippen LogP contribution in [0.3, 0.4) is 0 Å². The fourth-order valence-corrected chi connectivity index (χ4v) is 1.96. The van der Waals surface area contributed by atoms with E-state index in [0.29, 0.717) is 6.54 Å². The first kappa shape index (κ1) is 8.50. The van der Waals surface area contributed by atoms with Gasteiger partial charge < -0.3 is 16.0 Å². The molecule has 2 aliphatic rings. The largest absolute Gasteiger partial charge is 0.331 e. The summed E-state index contributed by atoms with van der Waals surface area (Å²) in [5.74, 6) is -0.254. The molecule has 2 unspecified atom stereocenters. The van der Waals surface area contributed by atoms with Crippen LogP contribution < -0.4 is 11.1 Å². The highest BCUT2D eigenvalue weighted by Crippen LogP contribution is 2.20. The summed E-state index contributed by atoms with van der Waals surface area (Å²) >= 11 is 0. The molecule has 0 aromatic rings. The molecule has 2 heterocycles. The molecule has 72 valence electrons. The maximum absolute atomic E-state index is 11.5. The molecule has 0 spiro atoms. The van der Waals surface area contributed by atoms with E-state index < -0.39 is 6.17 Å². The second-order valence-electron chi connectivity index (χ2n) is 3.53. The van der Waals surface area contributed by atoms with Gasteiger partial charge in [-0.3, -0.25) is 9.59 Å². The first-order valence-electron chi connectivity index (χ1n) is 4.56. The molecular weight excluding hydrogens is 170 g/mol. The summed E-state index contributed by atoms with van der Waals surface area (Å²) < 4.78 is 0. The van der Waals surface area contributed by atoms with Crippen LogP contribution in [0.5, 0.6) is 0 Å². The third-order valence-corrected chi connectivity index (χ3v) is 2.65. The number of piperazine rings is 1. The lowest BCUT2D eigenvalue weighted by Gasteiger charge is -2.40. The average molecular weight is 183 g/mol. The first-order chi connectivity index (χ1) is 6.20. The lowest BCUT2D eigenvalue weighted by molar-refractivity contribution is -0.150. The minimum absolute atomic E-state index is 0.105. The van der Waals surface area contributed by atoms with Crippen molar-refractivity contribution >= 4 is 11.8 Å². The van der Waals surface area contributed by atoms with E-state index in [1.165, 1.54) is 0 Å². The molecule has 2 fully saturated rings. The Morgan fingerprint density at radius 1 is 1.38 bits per heavy atom. The van der Waals surface area contributed by atoms with E-state index in [-0.39, 0.29) is 17.9 Å². The van der Waals surface area contributed by atoms with Gasteiger partial charge in [0.1, 0.15) is 6.04 Å². The Morgan fingerprint density at radius 2 is 2.15 bits per heavy atom. The third kappa shape index (κ3) is 1.29. The number of amides is 2. The zero-order valence-corrected chi connectivity index (χ0v) is 7.32. The second kappa shape index (κ2) is 2.99. The smallest absolute Gasteiger partial charge is 0.260 e. The van der Waals surface area contributed by atoms with Crippen LogP contribution in [-0.2, 0) is 9.59 Å². The van der Waals surface area contributed by atoms with Gasteiger partial charge in [0, 0.05) is 6.54 Å². The van der Waals surface area contributed by atoms with E-state index in [9.17, 15) is 9.59 Å². The monoisotopic (exact) mass is 183 g/mol. The third-order valence-electron chi connectivity index (χ3n) is 2.65. The molecule has 2 atom stereocenters. The SMILES string of the molecule is NC1NC(=O)C2CCCCN2C1=O. The number of rotatable bonds is 0. The highest BCUT2D eigenvalue weighted by atomic mass is 16.2. The molecule has 2 saturated heterocycles. The van der Waals surface area contributed by atoms with Crippen molar-refractivity contribution in [2.24, 2.45) is 5.73 Å². The summed E-state index contributed by atoms with van der Waals surface area (Å²) in [6, 6.07) is -0.263. The van der Waals surface area contributed by atoms with Gasteiger partial charge in [0.2, 0.25) is 5.91 Å². The van der Waals surface area contributed by atoms with Crippen molar-refractivity contribution in [1.29, 1.82) is 0 Å². The number of nitrogens with zero attached hydrogens (tertiary/aromatic N) is 1. The van der Waals surface area contributed by atoms with Crippen molar-refractivity contribution in [3.63, 3.8) is 0 Å². The number of carbonyl (C=O) groups is 2. The molecule has 3 N–H and O–H groups in total. The Kier molecular flexibility index (Phi) is 1.95. The lowest BCUT2D eigenvalue weighted by atomic mass is 9.99. The summed E-state index contributed by atoms with van der Waals surface area (Å²) in [6.45, 7) is 0.671. The van der Waals surface area contributed by atoms with Crippen LogP contribution in [0.25, 0.3) is 0 Å². The molecule has 2 rings (SSSR count). The van der Waals surface area contributed by atoms with Crippen LogP contribution in [0.2, 0.25) is 0 Å². The van der Waals surface area contributed by atoms with E-state index >= 15 is 0 Å². The quantitative estimate of drug-likeness (QED) is 0.494. The molecule has 13 heavy (non-hydrogen) atoms. The fourth-order valence-electron chi connectivity index (χ4n) is 1.96. The lowest BCUT2D eigenvalue weighted by Crippen LogP contribution is -2.67. The number of hydrogen-bond donors (Lipinski definition) is 2. The van der Waals surface area contributed by atoms with E-state index in [0.717, 1.165) is 19.3 Å². The molecule has 2 amide bonds. The normalized spacial score (nSPS) is 34.1. The highest BCUT2D eigenvalue weighted by Gasteiger charge is 2.39. The molecule has 0 aromatic heterocycles. The van der Waals surface area contributed by atoms with Gasteiger partial charge >= 0.3 is 0 Å². The Morgan fingerprint density at radius 3 is 2.92 bits per heavy atom. The molecule has 0 radical (unpaired) electrons. The zero-order valence-electron chi connectivity index (χ0n) is 7.32. The predicted molar refractivity (Wildman–Crippen MR) is 45.5 cm³/mol. The van der Waals surface area contributed by atoms with Crippen LogP contribution in [0, 0.1) is 0 Å². The molecule has 0 aliphatic carbocycles. The van der Waals surface area contributed by atoms with Crippen molar-refractivity contribution in [3.05, 3.63) is 0 Å². The minimum Gasteiger partial charge on any atom is -0.331 e. The molecule has 0 saturated carbocycles. The van der Waals surface area contributed by atoms with Gasteiger partial charge in [-0.15, -0.1) is 0 Å². The van der Waals surface area contributed by atoms with Gasteiger partial charge in [-0.05, 0) is 19.3 Å². The number of nitrogens with one attached hydrogen (secondary N) is 1. The molecule has 0 aromatic carbocycles. The molecule has 0 bridgehead atoms. The van der Waals surface area contributed by atoms with E-state index in [1.807, 2.05) is 0 Å². The summed E-state index contributed by atoms with van der Waals surface area (Å²) in [6.07, 6.45) is 1.92. The van der Waals surface area contributed by atoms with Crippen LogP contribution in [0.15, 0.2) is 0 Å². The standard InChI is InChI=1S/C8H13N3O2/c9-6-8(13)11-4-2-1-3-5(11)7(12)10-6/h5-6H,1-4,9H2,(H,10,12). The van der Waals surface area contributed by atoms with Gasteiger partial charge in [0.15, 0.2) is 6.17 Å². The van der Waals surface area contributed by atoms with Gasteiger partial charge in [0.25, 0.3) is 5.91 Å². The van der Waals surface area contributed by atoms with Crippen LogP contribution in [-0.4, -0.2) is 35.5 Å². The molecule has 5 nitrogen and oxygen atoms in total. The van der Waals surface area contributed by atoms with E-state index in [2.05, 4.69) is 5.32 Å². The summed E-state index contributed by atoms with van der Waals surface area (Å²) in [5.41, 5.74) is 5.45. The molecule has 2 aliphatic heterocycles. The first-order valence-corrected chi connectivity index (χ1v) is 4.56. The second-order valence-corrected chi connectivity index (χ2v) is 3.53. The van der Waals surface area contributed by atoms with E-state index in [1.54, 1.807) is 4.90 Å². The maximum atomic E-state index is 11.5. The molecular formula is C8H13N3O2. The van der Waals surface area contributed by atoms with Gasteiger partial charge in [-0.25, -0.2) is 0 Å². The van der Waals surface area contributed by atoms with Crippen LogP contribution in [0.1, 0.15) is 19.3 Å². The van der Waals surface area contributed by atoms with Crippen LogP contribution in [0.4, 0.5) is 0 Å². The molecule has 5 heteroatoms. The van der Waals surface area contributed by atoms with Crippen LogP contribution >= 0.6 is 0 Å². The number of hydrogen-bond acceptors (Lipinski definition) is 3. The zero-order chi connectivity index (χ0) is 9.42. The van der Waals surface area contributed by atoms with Gasteiger partial charge in [0.05, 0.1) is 0 Å². The number of nitrogens with two attached hydrogens (primary N) is 1. The fraction of sp³-hybridized carbons (Fsp3) is 0.750. The Bertz CT molecular complexity index is 254. The highest BCUT2D eigenvalue weighted by molar-refractivity contribution is 5.96. The van der Waals surface area contributed by atoms with Gasteiger partial charge in [-0.1, -0.05) is 0 Å². The van der Waals surface area contributed by atoms with Crippen molar-refractivity contribution in [1.82, 2.24) is 10.2 Å². The van der Waals surface area contributed by atoms with E-state index in [4.69, 9.17) is 5.73 Å². The van der Waals surface area contributed by atoms with Crippen molar-refractivity contribution in [2.45, 2.75) is 31.5 Å². The Labute approximate surface area is 76.3 Å². The van der Waals surface area contributed by atoms with Crippen molar-refractivity contribution in [3.8, 4) is 0 Å². The topological polar surface area (TPSA) is 75.4 Å². The number of piperidine rings is 1. The number of fused-ring (bicyclic) bond motifs is 1. The average Bonchev–Trinajstić information content (AvgIpc) is 2.15. The maximum Gasteiger partial charge on any atom is 0.260 e.